The first-order valence-corrected chi connectivity index (χ1v) is 8.44. The number of carboxylic acids is 1. The van der Waals surface area contributed by atoms with Gasteiger partial charge in [0.05, 0.1) is 17.6 Å². The van der Waals surface area contributed by atoms with E-state index >= 15 is 0 Å². The van der Waals surface area contributed by atoms with Crippen molar-refractivity contribution in [3.8, 4) is 0 Å². The second-order valence-corrected chi connectivity index (χ2v) is 6.60. The van der Waals surface area contributed by atoms with Crippen molar-refractivity contribution in [2.75, 3.05) is 6.54 Å². The molecule has 2 amide bonds. The van der Waals surface area contributed by atoms with Crippen LogP contribution in [0.15, 0.2) is 30.3 Å². The molecule has 0 aliphatic carbocycles. The summed E-state index contributed by atoms with van der Waals surface area (Å²) in [5.41, 5.74) is 1.82. The molecule has 0 bridgehead atoms. The molecule has 1 atom stereocenters. The molecule has 1 aromatic carbocycles. The highest BCUT2D eigenvalue weighted by molar-refractivity contribution is 6.07. The number of carbonyl (C=O) groups excluding carboxylic acids is 2. The highest BCUT2D eigenvalue weighted by Gasteiger charge is 2.21. The van der Waals surface area contributed by atoms with E-state index in [1.165, 1.54) is 0 Å². The Bertz CT molecular complexity index is 833. The van der Waals surface area contributed by atoms with E-state index < -0.39 is 23.8 Å². The van der Waals surface area contributed by atoms with Crippen LogP contribution in [-0.2, 0) is 9.59 Å². The molecule has 0 saturated carbocycles. The highest BCUT2D eigenvalue weighted by Crippen LogP contribution is 2.18. The minimum atomic E-state index is -1.09. The number of fused-ring (bicyclic) bond motifs is 1. The number of carbonyl (C=O) groups is 3. The zero-order chi connectivity index (χ0) is 19.3. The molecule has 0 unspecified atom stereocenters. The Kier molecular flexibility index (Phi) is 6.27. The van der Waals surface area contributed by atoms with Crippen molar-refractivity contribution < 1.29 is 19.5 Å². The van der Waals surface area contributed by atoms with Gasteiger partial charge in [-0.2, -0.15) is 0 Å². The van der Waals surface area contributed by atoms with Crippen LogP contribution in [-0.4, -0.2) is 40.5 Å². The lowest BCUT2D eigenvalue weighted by atomic mass is 10.0. The smallest absolute Gasteiger partial charge is 0.326 e. The topological polar surface area (TPSA) is 108 Å². The summed E-state index contributed by atoms with van der Waals surface area (Å²) in [7, 11) is 0. The number of pyridine rings is 1. The average molecular weight is 357 g/mol. The molecule has 0 fully saturated rings. The van der Waals surface area contributed by atoms with Crippen LogP contribution in [0.1, 0.15) is 36.3 Å². The Morgan fingerprint density at radius 1 is 1.19 bits per heavy atom. The SMILES string of the molecule is Cc1cc(C(=O)NCC(=O)N[C@@H](CC(C)C)C(=O)O)c2ccccc2n1. The number of aliphatic carboxylic acids is 1. The van der Waals surface area contributed by atoms with Gasteiger partial charge in [-0.15, -0.1) is 0 Å². The fraction of sp³-hybridized carbons (Fsp3) is 0.368. The Hall–Kier alpha value is -2.96. The van der Waals surface area contributed by atoms with Crippen LogP contribution in [0.25, 0.3) is 10.9 Å². The molecule has 0 aliphatic heterocycles. The molecule has 7 nitrogen and oxygen atoms in total. The van der Waals surface area contributed by atoms with Crippen molar-refractivity contribution in [1.29, 1.82) is 0 Å². The number of hydrogen-bond donors (Lipinski definition) is 3. The molecule has 3 N–H and O–H groups in total. The molecular weight excluding hydrogens is 334 g/mol. The predicted octanol–water partition coefficient (Wildman–Crippen LogP) is 1.89. The molecule has 138 valence electrons. The van der Waals surface area contributed by atoms with E-state index in [0.717, 1.165) is 0 Å². The summed E-state index contributed by atoms with van der Waals surface area (Å²) >= 11 is 0. The summed E-state index contributed by atoms with van der Waals surface area (Å²) in [4.78, 5) is 40.1. The third-order valence-electron chi connectivity index (χ3n) is 3.84. The lowest BCUT2D eigenvalue weighted by molar-refractivity contribution is -0.142. The van der Waals surface area contributed by atoms with Gasteiger partial charge in [0.25, 0.3) is 5.91 Å². The number of rotatable bonds is 7. The fourth-order valence-electron chi connectivity index (χ4n) is 2.69. The Balaban J connectivity index is 2.04. The monoisotopic (exact) mass is 357 g/mol. The van der Waals surface area contributed by atoms with Gasteiger partial charge in [0.1, 0.15) is 6.04 Å². The molecule has 0 saturated heterocycles. The second kappa shape index (κ2) is 8.42. The summed E-state index contributed by atoms with van der Waals surface area (Å²) in [5, 5.41) is 14.8. The summed E-state index contributed by atoms with van der Waals surface area (Å²) in [6.07, 6.45) is 0.323. The zero-order valence-corrected chi connectivity index (χ0v) is 15.1. The van der Waals surface area contributed by atoms with E-state index in [0.29, 0.717) is 28.6 Å². The van der Waals surface area contributed by atoms with Crippen molar-refractivity contribution >= 4 is 28.7 Å². The van der Waals surface area contributed by atoms with Gasteiger partial charge in [-0.25, -0.2) is 4.79 Å². The van der Waals surface area contributed by atoms with Crippen LogP contribution in [0.5, 0.6) is 0 Å². The van der Waals surface area contributed by atoms with Gasteiger partial charge < -0.3 is 15.7 Å². The summed E-state index contributed by atoms with van der Waals surface area (Å²) in [5.74, 6) is -1.91. The number of nitrogens with zero attached hydrogens (tertiary/aromatic N) is 1. The van der Waals surface area contributed by atoms with Gasteiger partial charge in [0.15, 0.2) is 0 Å². The van der Waals surface area contributed by atoms with Crippen molar-refractivity contribution in [1.82, 2.24) is 15.6 Å². The maximum atomic E-state index is 12.5. The maximum Gasteiger partial charge on any atom is 0.326 e. The average Bonchev–Trinajstić information content (AvgIpc) is 2.57. The highest BCUT2D eigenvalue weighted by atomic mass is 16.4. The minimum Gasteiger partial charge on any atom is -0.480 e. The lowest BCUT2D eigenvalue weighted by Crippen LogP contribution is -2.46. The zero-order valence-electron chi connectivity index (χ0n) is 15.1. The van der Waals surface area contributed by atoms with Gasteiger partial charge in [0, 0.05) is 11.1 Å². The summed E-state index contributed by atoms with van der Waals surface area (Å²) in [6.45, 7) is 5.25. The first-order valence-electron chi connectivity index (χ1n) is 8.44. The number of aromatic nitrogens is 1. The fourth-order valence-corrected chi connectivity index (χ4v) is 2.69. The number of nitrogens with one attached hydrogen (secondary N) is 2. The molecule has 0 spiro atoms. The Morgan fingerprint density at radius 2 is 1.88 bits per heavy atom. The van der Waals surface area contributed by atoms with Crippen LogP contribution in [0.4, 0.5) is 0 Å². The lowest BCUT2D eigenvalue weighted by Gasteiger charge is -2.16. The maximum absolute atomic E-state index is 12.5. The molecule has 1 aromatic heterocycles. The molecule has 2 rings (SSSR count). The van der Waals surface area contributed by atoms with Gasteiger partial charge in [0.2, 0.25) is 5.91 Å². The standard InChI is InChI=1S/C19H23N3O4/c1-11(2)8-16(19(25)26)22-17(23)10-20-18(24)14-9-12(3)21-15-7-5-4-6-13(14)15/h4-7,9,11,16H,8,10H2,1-3H3,(H,20,24)(H,22,23)(H,25,26)/t16-/m0/s1. The Labute approximate surface area is 151 Å². The number of carboxylic acid groups (broad SMARTS) is 1. The van der Waals surface area contributed by atoms with E-state index in [2.05, 4.69) is 15.6 Å². The molecule has 7 heteroatoms. The first kappa shape index (κ1) is 19.4. The minimum absolute atomic E-state index is 0.122. The van der Waals surface area contributed by atoms with E-state index in [-0.39, 0.29) is 12.5 Å². The van der Waals surface area contributed by atoms with Gasteiger partial charge in [-0.05, 0) is 31.4 Å². The van der Waals surface area contributed by atoms with Crippen molar-refractivity contribution in [2.24, 2.45) is 5.92 Å². The second-order valence-electron chi connectivity index (χ2n) is 6.60. The van der Waals surface area contributed by atoms with E-state index in [1.54, 1.807) is 19.1 Å². The van der Waals surface area contributed by atoms with Gasteiger partial charge >= 0.3 is 5.97 Å². The third kappa shape index (κ3) is 5.02. The van der Waals surface area contributed by atoms with Gasteiger partial charge in [-0.1, -0.05) is 32.0 Å². The number of benzene rings is 1. The van der Waals surface area contributed by atoms with Gasteiger partial charge in [-0.3, -0.25) is 14.6 Å². The van der Waals surface area contributed by atoms with E-state index in [1.807, 2.05) is 32.0 Å². The van der Waals surface area contributed by atoms with Crippen LogP contribution in [0.3, 0.4) is 0 Å². The third-order valence-corrected chi connectivity index (χ3v) is 3.84. The number of amides is 2. The van der Waals surface area contributed by atoms with E-state index in [9.17, 15) is 14.4 Å². The molecule has 1 heterocycles. The number of para-hydroxylation sites is 1. The normalized spacial score (nSPS) is 12.0. The van der Waals surface area contributed by atoms with Crippen LogP contribution < -0.4 is 10.6 Å². The predicted molar refractivity (Wildman–Crippen MR) is 97.8 cm³/mol. The molecular formula is C19H23N3O4. The van der Waals surface area contributed by atoms with Crippen molar-refractivity contribution in [2.45, 2.75) is 33.2 Å². The van der Waals surface area contributed by atoms with Crippen molar-refractivity contribution in [3.63, 3.8) is 0 Å². The summed E-state index contributed by atoms with van der Waals surface area (Å²) < 4.78 is 0. The van der Waals surface area contributed by atoms with E-state index in [4.69, 9.17) is 5.11 Å². The first-order chi connectivity index (χ1) is 12.3. The number of hydrogen-bond acceptors (Lipinski definition) is 4. The quantitative estimate of drug-likeness (QED) is 0.701. The number of aryl methyl sites for hydroxylation is 1. The molecule has 0 aliphatic rings. The van der Waals surface area contributed by atoms with Crippen LogP contribution >= 0.6 is 0 Å². The van der Waals surface area contributed by atoms with Crippen molar-refractivity contribution in [3.05, 3.63) is 41.6 Å². The van der Waals surface area contributed by atoms with Crippen LogP contribution in [0.2, 0.25) is 0 Å². The summed E-state index contributed by atoms with van der Waals surface area (Å²) in [6, 6.07) is 7.95. The molecule has 26 heavy (non-hydrogen) atoms. The Morgan fingerprint density at radius 3 is 2.54 bits per heavy atom. The molecule has 0 radical (unpaired) electrons. The molecule has 2 aromatic rings. The largest absolute Gasteiger partial charge is 0.480 e. The van der Waals surface area contributed by atoms with Crippen LogP contribution in [0, 0.1) is 12.8 Å².